The molecule has 0 aliphatic rings. The van der Waals surface area contributed by atoms with Crippen LogP contribution in [0.1, 0.15) is 26.1 Å². The smallest absolute Gasteiger partial charge is 0.303 e. The van der Waals surface area contributed by atoms with Crippen LogP contribution in [0.4, 0.5) is 0 Å². The zero-order chi connectivity index (χ0) is 10.8. The number of carboxylic acid groups (broad SMARTS) is 1. The van der Waals surface area contributed by atoms with Crippen LogP contribution in [-0.2, 0) is 18.3 Å². The van der Waals surface area contributed by atoms with Crippen molar-refractivity contribution in [3.8, 4) is 0 Å². The van der Waals surface area contributed by atoms with E-state index in [1.807, 2.05) is 13.8 Å². The van der Waals surface area contributed by atoms with E-state index >= 15 is 0 Å². The molecule has 1 aromatic heterocycles. The van der Waals surface area contributed by atoms with E-state index in [-0.39, 0.29) is 11.8 Å². The average molecular weight is 197 g/mol. The second kappa shape index (κ2) is 3.77. The van der Waals surface area contributed by atoms with E-state index in [2.05, 4.69) is 10.1 Å². The number of aryl methyl sites for hydroxylation is 1. The molecular weight excluding hydrogens is 182 g/mol. The lowest BCUT2D eigenvalue weighted by Crippen LogP contribution is -2.21. The van der Waals surface area contributed by atoms with Crippen molar-refractivity contribution in [2.45, 2.75) is 26.7 Å². The Labute approximate surface area is 82.8 Å². The van der Waals surface area contributed by atoms with Gasteiger partial charge in [0.1, 0.15) is 12.2 Å². The van der Waals surface area contributed by atoms with Crippen molar-refractivity contribution in [2.75, 3.05) is 0 Å². The van der Waals surface area contributed by atoms with Crippen LogP contribution in [0.3, 0.4) is 0 Å². The van der Waals surface area contributed by atoms with Gasteiger partial charge >= 0.3 is 5.97 Å². The van der Waals surface area contributed by atoms with Gasteiger partial charge < -0.3 is 5.11 Å². The second-order valence-electron chi connectivity index (χ2n) is 4.21. The van der Waals surface area contributed by atoms with Gasteiger partial charge in [0.15, 0.2) is 0 Å². The molecule has 1 heterocycles. The van der Waals surface area contributed by atoms with E-state index in [4.69, 9.17) is 5.11 Å². The van der Waals surface area contributed by atoms with E-state index in [9.17, 15) is 4.79 Å². The van der Waals surface area contributed by atoms with Gasteiger partial charge in [0.25, 0.3) is 0 Å². The number of nitrogens with zero attached hydrogens (tertiary/aromatic N) is 3. The van der Waals surface area contributed by atoms with Gasteiger partial charge in [-0.2, -0.15) is 5.10 Å². The fourth-order valence-electron chi connectivity index (χ4n) is 1.38. The van der Waals surface area contributed by atoms with E-state index in [1.54, 1.807) is 11.7 Å². The average Bonchev–Trinajstić information content (AvgIpc) is 2.32. The zero-order valence-corrected chi connectivity index (χ0v) is 8.69. The van der Waals surface area contributed by atoms with Crippen LogP contribution in [0.25, 0.3) is 0 Å². The Morgan fingerprint density at radius 1 is 1.64 bits per heavy atom. The third-order valence-electron chi connectivity index (χ3n) is 2.07. The highest BCUT2D eigenvalue weighted by Crippen LogP contribution is 2.24. The maximum absolute atomic E-state index is 10.6. The van der Waals surface area contributed by atoms with Crippen molar-refractivity contribution in [1.82, 2.24) is 14.8 Å². The molecule has 0 aliphatic heterocycles. The van der Waals surface area contributed by atoms with Crippen molar-refractivity contribution in [1.29, 1.82) is 0 Å². The van der Waals surface area contributed by atoms with Gasteiger partial charge in [0.05, 0.1) is 6.42 Å². The van der Waals surface area contributed by atoms with E-state index in [0.717, 1.165) is 5.82 Å². The highest BCUT2D eigenvalue weighted by atomic mass is 16.4. The quantitative estimate of drug-likeness (QED) is 0.777. The minimum absolute atomic E-state index is 0.139. The summed E-state index contributed by atoms with van der Waals surface area (Å²) in [7, 11) is 1.80. The van der Waals surface area contributed by atoms with Crippen molar-refractivity contribution in [2.24, 2.45) is 12.5 Å². The summed E-state index contributed by atoms with van der Waals surface area (Å²) in [6.07, 6.45) is 2.24. The van der Waals surface area contributed by atoms with Crippen LogP contribution in [0.15, 0.2) is 6.33 Å². The van der Waals surface area contributed by atoms with E-state index in [1.165, 1.54) is 6.33 Å². The van der Waals surface area contributed by atoms with Crippen molar-refractivity contribution < 1.29 is 9.90 Å². The molecule has 1 aromatic rings. The molecule has 0 bridgehead atoms. The summed E-state index contributed by atoms with van der Waals surface area (Å²) in [5.74, 6) is 0.0356. The first-order valence-electron chi connectivity index (χ1n) is 4.45. The van der Waals surface area contributed by atoms with Gasteiger partial charge in [-0.1, -0.05) is 13.8 Å². The Hall–Kier alpha value is -1.39. The van der Waals surface area contributed by atoms with Crippen molar-refractivity contribution in [3.05, 3.63) is 12.2 Å². The topological polar surface area (TPSA) is 68.0 Å². The van der Waals surface area contributed by atoms with Gasteiger partial charge in [-0.15, -0.1) is 0 Å². The molecule has 0 saturated heterocycles. The molecule has 0 fully saturated rings. The van der Waals surface area contributed by atoms with Gasteiger partial charge in [-0.25, -0.2) is 4.98 Å². The number of hydrogen-bond acceptors (Lipinski definition) is 3. The molecule has 1 N–H and O–H groups in total. The Morgan fingerprint density at radius 3 is 2.71 bits per heavy atom. The van der Waals surface area contributed by atoms with E-state index < -0.39 is 5.97 Å². The Balaban J connectivity index is 2.68. The lowest BCUT2D eigenvalue weighted by atomic mass is 9.85. The van der Waals surface area contributed by atoms with Crippen LogP contribution in [-0.4, -0.2) is 25.8 Å². The molecule has 0 aliphatic carbocycles. The standard InChI is InChI=1S/C9H15N3O2/c1-9(2,5-8(13)14)4-7-10-6-11-12(7)3/h6H,4-5H2,1-3H3,(H,13,14). The van der Waals surface area contributed by atoms with E-state index in [0.29, 0.717) is 6.42 Å². The zero-order valence-electron chi connectivity index (χ0n) is 8.69. The van der Waals surface area contributed by atoms with Gasteiger partial charge in [0.2, 0.25) is 0 Å². The SMILES string of the molecule is Cn1ncnc1CC(C)(C)CC(=O)O. The van der Waals surface area contributed by atoms with Crippen LogP contribution >= 0.6 is 0 Å². The molecule has 0 atom stereocenters. The highest BCUT2D eigenvalue weighted by Gasteiger charge is 2.24. The monoisotopic (exact) mass is 197 g/mol. The lowest BCUT2D eigenvalue weighted by molar-refractivity contribution is -0.139. The Kier molecular flexibility index (Phi) is 2.88. The summed E-state index contributed by atoms with van der Waals surface area (Å²) < 4.78 is 1.67. The molecule has 0 spiro atoms. The number of carboxylic acids is 1. The molecule has 0 amide bonds. The Bertz CT molecular complexity index is 331. The predicted molar refractivity (Wildman–Crippen MR) is 50.7 cm³/mol. The fraction of sp³-hybridized carbons (Fsp3) is 0.667. The van der Waals surface area contributed by atoms with Gasteiger partial charge in [0, 0.05) is 13.5 Å². The molecule has 78 valence electrons. The first-order chi connectivity index (χ1) is 6.41. The number of aliphatic carboxylic acids is 1. The summed E-state index contributed by atoms with van der Waals surface area (Å²) in [6.45, 7) is 3.82. The number of carbonyl (C=O) groups is 1. The number of aromatic nitrogens is 3. The van der Waals surface area contributed by atoms with Crippen LogP contribution < -0.4 is 0 Å². The normalized spacial score (nSPS) is 11.6. The van der Waals surface area contributed by atoms with Gasteiger partial charge in [-0.3, -0.25) is 9.48 Å². The summed E-state index contributed by atoms with van der Waals surface area (Å²) in [5.41, 5.74) is -0.285. The first kappa shape index (κ1) is 10.7. The predicted octanol–water partition coefficient (Wildman–Crippen LogP) is 0.859. The molecular formula is C9H15N3O2. The third-order valence-corrected chi connectivity index (χ3v) is 2.07. The number of rotatable bonds is 4. The largest absolute Gasteiger partial charge is 0.481 e. The van der Waals surface area contributed by atoms with Crippen LogP contribution in [0.5, 0.6) is 0 Å². The van der Waals surface area contributed by atoms with Crippen LogP contribution in [0, 0.1) is 5.41 Å². The fourth-order valence-corrected chi connectivity index (χ4v) is 1.38. The molecule has 14 heavy (non-hydrogen) atoms. The summed E-state index contributed by atoms with van der Waals surface area (Å²) in [4.78, 5) is 14.7. The maximum Gasteiger partial charge on any atom is 0.303 e. The van der Waals surface area contributed by atoms with Crippen molar-refractivity contribution in [3.63, 3.8) is 0 Å². The molecule has 0 aromatic carbocycles. The molecule has 0 radical (unpaired) electrons. The van der Waals surface area contributed by atoms with Gasteiger partial charge in [-0.05, 0) is 5.41 Å². The first-order valence-corrected chi connectivity index (χ1v) is 4.45. The molecule has 1 rings (SSSR count). The lowest BCUT2D eigenvalue weighted by Gasteiger charge is -2.21. The van der Waals surface area contributed by atoms with Crippen LogP contribution in [0.2, 0.25) is 0 Å². The molecule has 5 nitrogen and oxygen atoms in total. The maximum atomic E-state index is 10.6. The summed E-state index contributed by atoms with van der Waals surface area (Å²) in [6, 6.07) is 0. The summed E-state index contributed by atoms with van der Waals surface area (Å²) in [5, 5.41) is 12.6. The molecule has 0 saturated carbocycles. The molecule has 5 heteroatoms. The van der Waals surface area contributed by atoms with Crippen molar-refractivity contribution >= 4 is 5.97 Å². The molecule has 0 unspecified atom stereocenters. The third kappa shape index (κ3) is 2.83. The minimum atomic E-state index is -0.780. The highest BCUT2D eigenvalue weighted by molar-refractivity contribution is 5.67. The minimum Gasteiger partial charge on any atom is -0.481 e. The summed E-state index contributed by atoms with van der Waals surface area (Å²) >= 11 is 0. The number of hydrogen-bond donors (Lipinski definition) is 1. The second-order valence-corrected chi connectivity index (χ2v) is 4.21. The Morgan fingerprint density at radius 2 is 2.29 bits per heavy atom.